The monoisotopic (exact) mass is 488 g/mol. The van der Waals surface area contributed by atoms with Crippen LogP contribution in [0.5, 0.6) is 5.75 Å². The highest BCUT2D eigenvalue weighted by molar-refractivity contribution is 6.00. The number of fused-ring (bicyclic) bond motifs is 2. The number of carbonyl (C=O) groups excluding carboxylic acids is 2. The Hall–Kier alpha value is -3.35. The molecule has 190 valence electrons. The molecule has 1 fully saturated rings. The number of hydrogen-bond donors (Lipinski definition) is 3. The van der Waals surface area contributed by atoms with E-state index in [1.54, 1.807) is 4.90 Å². The van der Waals surface area contributed by atoms with Gasteiger partial charge < -0.3 is 15.4 Å². The van der Waals surface area contributed by atoms with E-state index in [1.807, 2.05) is 70.2 Å². The summed E-state index contributed by atoms with van der Waals surface area (Å²) in [7, 11) is 0. The Morgan fingerprint density at radius 1 is 1.06 bits per heavy atom. The molecule has 3 aliphatic rings. The van der Waals surface area contributed by atoms with Crippen LogP contribution in [0.3, 0.4) is 0 Å². The first-order chi connectivity index (χ1) is 16.8. The van der Waals surface area contributed by atoms with Crippen LogP contribution < -0.4 is 15.4 Å². The number of rotatable bonds is 3. The molecular formula is C29H36N4O3. The lowest BCUT2D eigenvalue weighted by atomic mass is 9.86. The zero-order chi connectivity index (χ0) is 26.0. The van der Waals surface area contributed by atoms with Crippen molar-refractivity contribution < 1.29 is 14.3 Å². The fourth-order valence-electron chi connectivity index (χ4n) is 6.04. The quantitative estimate of drug-likeness (QED) is 0.568. The van der Waals surface area contributed by atoms with Crippen molar-refractivity contribution in [2.45, 2.75) is 89.4 Å². The minimum absolute atomic E-state index is 0.0618. The molecule has 1 saturated heterocycles. The summed E-state index contributed by atoms with van der Waals surface area (Å²) >= 11 is 0. The summed E-state index contributed by atoms with van der Waals surface area (Å²) in [5.41, 5.74) is 2.58. The second-order valence-corrected chi connectivity index (χ2v) is 12.3. The molecule has 2 aromatic carbocycles. The normalized spacial score (nSPS) is 25.3. The maximum absolute atomic E-state index is 13.5. The zero-order valence-corrected chi connectivity index (χ0v) is 22.0. The van der Waals surface area contributed by atoms with E-state index < -0.39 is 11.1 Å². The van der Waals surface area contributed by atoms with E-state index in [4.69, 9.17) is 10.1 Å². The van der Waals surface area contributed by atoms with E-state index in [0.29, 0.717) is 24.8 Å². The number of nitrogens with zero attached hydrogens (tertiary/aromatic N) is 1. The van der Waals surface area contributed by atoms with Gasteiger partial charge in [0.05, 0.1) is 12.1 Å². The molecule has 3 N–H and O–H groups in total. The van der Waals surface area contributed by atoms with Crippen molar-refractivity contribution in [3.8, 4) is 5.75 Å². The third-order valence-electron chi connectivity index (χ3n) is 7.66. The predicted molar refractivity (Wildman–Crippen MR) is 139 cm³/mol. The number of nitrogens with one attached hydrogen (secondary N) is 3. The summed E-state index contributed by atoms with van der Waals surface area (Å²) < 4.78 is 6.12. The van der Waals surface area contributed by atoms with E-state index in [-0.39, 0.29) is 35.3 Å². The van der Waals surface area contributed by atoms with Crippen LogP contribution in [0.2, 0.25) is 0 Å². The average molecular weight is 489 g/mol. The van der Waals surface area contributed by atoms with Crippen LogP contribution in [0.25, 0.3) is 0 Å². The third-order valence-corrected chi connectivity index (χ3v) is 7.66. The lowest BCUT2D eigenvalue weighted by molar-refractivity contribution is -0.132. The number of ether oxygens (including phenoxy) is 1. The van der Waals surface area contributed by atoms with Crippen molar-refractivity contribution in [3.05, 3.63) is 64.7 Å². The summed E-state index contributed by atoms with van der Waals surface area (Å²) in [5.74, 6) is 0.708. The molecule has 2 aromatic rings. The standard InChI is InChI=1S/C29H36N4O3/c1-27(2)15-22(33-24(34)16-28(3,4)32-26(33)30)19-13-17(11-12-20(19)27)25(35)31-21-14-29(5,6)36-23-10-8-7-9-18(21)23/h7-13,21-22H,14-16H2,1-6H3,(H2,30,32)(H,31,35)/t21-,22+/m0/s1. The van der Waals surface area contributed by atoms with Crippen molar-refractivity contribution >= 4 is 17.8 Å². The van der Waals surface area contributed by atoms with E-state index in [0.717, 1.165) is 22.4 Å². The summed E-state index contributed by atoms with van der Waals surface area (Å²) in [6.07, 6.45) is 1.68. The number of amides is 2. The Kier molecular flexibility index (Phi) is 5.47. The van der Waals surface area contributed by atoms with Gasteiger partial charge in [-0.15, -0.1) is 0 Å². The molecule has 0 unspecified atom stereocenters. The molecule has 0 bridgehead atoms. The second-order valence-electron chi connectivity index (χ2n) is 12.3. The van der Waals surface area contributed by atoms with E-state index in [2.05, 4.69) is 24.5 Å². The summed E-state index contributed by atoms with van der Waals surface area (Å²) in [6.45, 7) is 12.2. The van der Waals surface area contributed by atoms with Crippen molar-refractivity contribution in [2.75, 3.05) is 0 Å². The SMILES string of the molecule is CC1(C)CC(=O)N([C@@H]2CC(C)(C)c3ccc(C(=O)N[C@H]4CC(C)(C)Oc5ccccc54)cc32)C(=N)N1. The predicted octanol–water partition coefficient (Wildman–Crippen LogP) is 4.98. The molecule has 0 aromatic heterocycles. The van der Waals surface area contributed by atoms with Crippen LogP contribution >= 0.6 is 0 Å². The lowest BCUT2D eigenvalue weighted by Gasteiger charge is -2.41. The fraction of sp³-hybridized carbons (Fsp3) is 0.483. The van der Waals surface area contributed by atoms with Gasteiger partial charge in [-0.25, -0.2) is 0 Å². The van der Waals surface area contributed by atoms with Gasteiger partial charge in [0.1, 0.15) is 11.4 Å². The number of hydrogen-bond acceptors (Lipinski definition) is 4. The first-order valence-corrected chi connectivity index (χ1v) is 12.7. The minimum Gasteiger partial charge on any atom is -0.487 e. The van der Waals surface area contributed by atoms with Crippen LogP contribution in [-0.4, -0.2) is 33.8 Å². The van der Waals surface area contributed by atoms with Gasteiger partial charge in [-0.3, -0.25) is 19.9 Å². The minimum atomic E-state index is -0.447. The summed E-state index contributed by atoms with van der Waals surface area (Å²) in [5, 5.41) is 15.0. The van der Waals surface area contributed by atoms with Crippen LogP contribution in [0.15, 0.2) is 42.5 Å². The van der Waals surface area contributed by atoms with Gasteiger partial charge >= 0.3 is 0 Å². The molecule has 7 heteroatoms. The first kappa shape index (κ1) is 24.3. The number of carbonyl (C=O) groups is 2. The van der Waals surface area contributed by atoms with Gasteiger partial charge in [-0.2, -0.15) is 0 Å². The molecule has 0 saturated carbocycles. The number of benzene rings is 2. The molecule has 2 atom stereocenters. The summed E-state index contributed by atoms with van der Waals surface area (Å²) in [6, 6.07) is 13.2. The van der Waals surface area contributed by atoms with E-state index in [1.165, 1.54) is 0 Å². The average Bonchev–Trinajstić information content (AvgIpc) is 3.01. The van der Waals surface area contributed by atoms with E-state index in [9.17, 15) is 9.59 Å². The van der Waals surface area contributed by atoms with Crippen molar-refractivity contribution in [2.24, 2.45) is 0 Å². The molecule has 36 heavy (non-hydrogen) atoms. The second kappa shape index (κ2) is 8.08. The molecule has 7 nitrogen and oxygen atoms in total. The van der Waals surface area contributed by atoms with Gasteiger partial charge in [0.25, 0.3) is 5.91 Å². The van der Waals surface area contributed by atoms with Gasteiger partial charge in [-0.05, 0) is 68.9 Å². The van der Waals surface area contributed by atoms with Gasteiger partial charge in [0, 0.05) is 29.5 Å². The smallest absolute Gasteiger partial charge is 0.251 e. The molecule has 0 spiro atoms. The van der Waals surface area contributed by atoms with Gasteiger partial charge in [0.2, 0.25) is 5.91 Å². The summed E-state index contributed by atoms with van der Waals surface area (Å²) in [4.78, 5) is 28.2. The Bertz CT molecular complexity index is 1240. The Labute approximate surface area is 213 Å². The third kappa shape index (κ3) is 4.25. The van der Waals surface area contributed by atoms with Gasteiger partial charge in [-0.1, -0.05) is 38.1 Å². The Morgan fingerprint density at radius 2 is 1.78 bits per heavy atom. The zero-order valence-electron chi connectivity index (χ0n) is 22.0. The molecular weight excluding hydrogens is 452 g/mol. The topological polar surface area (TPSA) is 94.5 Å². The fourth-order valence-corrected chi connectivity index (χ4v) is 6.04. The highest BCUT2D eigenvalue weighted by Crippen LogP contribution is 2.48. The van der Waals surface area contributed by atoms with Gasteiger partial charge in [0.15, 0.2) is 5.96 Å². The van der Waals surface area contributed by atoms with E-state index >= 15 is 0 Å². The van der Waals surface area contributed by atoms with Crippen LogP contribution in [0.1, 0.15) is 99.9 Å². The molecule has 1 aliphatic carbocycles. The molecule has 0 radical (unpaired) electrons. The van der Waals surface area contributed by atoms with Crippen molar-refractivity contribution in [3.63, 3.8) is 0 Å². The van der Waals surface area contributed by atoms with Crippen molar-refractivity contribution in [1.82, 2.24) is 15.5 Å². The van der Waals surface area contributed by atoms with Crippen LogP contribution in [-0.2, 0) is 10.2 Å². The lowest BCUT2D eigenvalue weighted by Crippen LogP contribution is -2.60. The number of guanidine groups is 1. The highest BCUT2D eigenvalue weighted by Gasteiger charge is 2.46. The molecule has 2 heterocycles. The maximum Gasteiger partial charge on any atom is 0.251 e. The van der Waals surface area contributed by atoms with Crippen LogP contribution in [0.4, 0.5) is 0 Å². The number of para-hydroxylation sites is 1. The first-order valence-electron chi connectivity index (χ1n) is 12.7. The molecule has 2 aliphatic heterocycles. The molecule has 2 amide bonds. The Morgan fingerprint density at radius 3 is 2.50 bits per heavy atom. The largest absolute Gasteiger partial charge is 0.487 e. The van der Waals surface area contributed by atoms with Crippen LogP contribution in [0, 0.1) is 5.41 Å². The Balaban J connectivity index is 1.45. The molecule has 5 rings (SSSR count). The van der Waals surface area contributed by atoms with Crippen molar-refractivity contribution in [1.29, 1.82) is 5.41 Å². The highest BCUT2D eigenvalue weighted by atomic mass is 16.5. The maximum atomic E-state index is 13.5.